The van der Waals surface area contributed by atoms with E-state index in [1.165, 1.54) is 32.6 Å². The van der Waals surface area contributed by atoms with Crippen molar-refractivity contribution in [2.45, 2.75) is 130 Å². The molecule has 2 aliphatic heterocycles. The Morgan fingerprint density at radius 1 is 0.750 bits per heavy atom. The number of hydrogen-bond acceptors (Lipinski definition) is 4. The quantitative estimate of drug-likeness (QED) is 0.671. The van der Waals surface area contributed by atoms with Gasteiger partial charge >= 0.3 is 0 Å². The lowest BCUT2D eigenvalue weighted by molar-refractivity contribution is -0.0615. The molecule has 0 saturated carbocycles. The van der Waals surface area contributed by atoms with E-state index in [0.717, 1.165) is 0 Å². The largest absolute Gasteiger partial charge is 0.298 e. The van der Waals surface area contributed by atoms with Crippen molar-refractivity contribution in [3.63, 3.8) is 0 Å². The molecule has 2 fully saturated rings. The van der Waals surface area contributed by atoms with Crippen molar-refractivity contribution < 1.29 is 0 Å². The van der Waals surface area contributed by atoms with Gasteiger partial charge in [0.1, 0.15) is 0 Å². The summed E-state index contributed by atoms with van der Waals surface area (Å²) < 4.78 is 0. The molecule has 2 saturated heterocycles. The summed E-state index contributed by atoms with van der Waals surface area (Å²) in [6, 6.07) is 4.38. The van der Waals surface area contributed by atoms with Gasteiger partial charge in [-0.15, -0.1) is 0 Å². The molecule has 0 bridgehead atoms. The predicted octanol–water partition coefficient (Wildman–Crippen LogP) is 4.15. The Morgan fingerprint density at radius 2 is 1.21 bits per heavy atom. The van der Waals surface area contributed by atoms with E-state index in [1.807, 2.05) is 0 Å². The second kappa shape index (κ2) is 9.32. The molecule has 0 aromatic rings. The van der Waals surface area contributed by atoms with Gasteiger partial charge in [-0.1, -0.05) is 0 Å². The molecule has 166 valence electrons. The summed E-state index contributed by atoms with van der Waals surface area (Å²) in [7, 11) is 0. The van der Waals surface area contributed by atoms with Gasteiger partial charge in [-0.2, -0.15) is 0 Å². The van der Waals surface area contributed by atoms with Gasteiger partial charge in [0.15, 0.2) is 0 Å². The third kappa shape index (κ3) is 5.11. The van der Waals surface area contributed by atoms with Crippen molar-refractivity contribution >= 4 is 0 Å². The van der Waals surface area contributed by atoms with Crippen LogP contribution >= 0.6 is 0 Å². The summed E-state index contributed by atoms with van der Waals surface area (Å²) in [4.78, 5) is 10.9. The van der Waals surface area contributed by atoms with Crippen LogP contribution in [0.15, 0.2) is 0 Å². The molecule has 0 amide bonds. The molecule has 28 heavy (non-hydrogen) atoms. The monoisotopic (exact) mass is 394 g/mol. The Hall–Kier alpha value is -0.160. The van der Waals surface area contributed by atoms with Crippen LogP contribution in [0.3, 0.4) is 0 Å². The fourth-order valence-corrected chi connectivity index (χ4v) is 6.47. The zero-order valence-corrected chi connectivity index (χ0v) is 20.9. The lowest BCUT2D eigenvalue weighted by Gasteiger charge is -2.55. The highest BCUT2D eigenvalue weighted by Crippen LogP contribution is 2.32. The molecule has 4 heteroatoms. The van der Waals surface area contributed by atoms with Crippen LogP contribution in [-0.2, 0) is 0 Å². The molecule has 5 atom stereocenters. The van der Waals surface area contributed by atoms with E-state index in [4.69, 9.17) is 0 Å². The van der Waals surface area contributed by atoms with Crippen molar-refractivity contribution in [3.8, 4) is 0 Å². The standard InChI is InChI=1S/C24H50N4/c1-17(2)25-15-20(6)28(21(7)16-25)24(10,11)14-19(5)27-13-12-26(18(3)4)22(8)23(27)9/h17-23H,12-16H2,1-11H3/t19?,20-,21-,22-,23-/m0/s1. The average molecular weight is 395 g/mol. The van der Waals surface area contributed by atoms with Gasteiger partial charge in [-0.3, -0.25) is 19.6 Å². The normalized spacial score (nSPS) is 33.8. The minimum atomic E-state index is 0.222. The van der Waals surface area contributed by atoms with Crippen LogP contribution in [-0.4, -0.2) is 93.6 Å². The topological polar surface area (TPSA) is 13.0 Å². The number of nitrogens with zero attached hydrogens (tertiary/aromatic N) is 4. The number of rotatable bonds is 6. The third-order valence-electron chi connectivity index (χ3n) is 7.76. The van der Waals surface area contributed by atoms with Crippen molar-refractivity contribution in [3.05, 3.63) is 0 Å². The third-order valence-corrected chi connectivity index (χ3v) is 7.76. The van der Waals surface area contributed by atoms with Crippen LogP contribution in [0.5, 0.6) is 0 Å². The van der Waals surface area contributed by atoms with Crippen molar-refractivity contribution in [1.29, 1.82) is 0 Å². The SMILES string of the molecule is CC(C)N1C[C@H](C)N(C(C)(C)CC(C)N2CCN(C(C)C)[C@@H](C)[C@@H]2C)[C@@H](C)C1. The highest BCUT2D eigenvalue weighted by molar-refractivity contribution is 4.98. The van der Waals surface area contributed by atoms with Crippen LogP contribution in [0.2, 0.25) is 0 Å². The van der Waals surface area contributed by atoms with E-state index < -0.39 is 0 Å². The number of piperazine rings is 2. The minimum absolute atomic E-state index is 0.222. The molecule has 0 spiro atoms. The molecule has 0 N–H and O–H groups in total. The highest BCUT2D eigenvalue weighted by atomic mass is 15.4. The van der Waals surface area contributed by atoms with Gasteiger partial charge in [-0.05, 0) is 82.6 Å². The Balaban J connectivity index is 2.05. The van der Waals surface area contributed by atoms with Crippen molar-refractivity contribution in [2.24, 2.45) is 0 Å². The summed E-state index contributed by atoms with van der Waals surface area (Å²) >= 11 is 0. The van der Waals surface area contributed by atoms with E-state index in [2.05, 4.69) is 95.8 Å². The van der Waals surface area contributed by atoms with Gasteiger partial charge in [0.05, 0.1) is 0 Å². The van der Waals surface area contributed by atoms with Crippen LogP contribution in [0.1, 0.15) is 82.6 Å². The molecule has 2 aliphatic rings. The first kappa shape index (κ1) is 24.1. The lowest BCUT2D eigenvalue weighted by Crippen LogP contribution is -2.66. The first-order chi connectivity index (χ1) is 12.9. The summed E-state index contributed by atoms with van der Waals surface area (Å²) in [5.74, 6) is 0. The molecule has 0 aromatic heterocycles. The van der Waals surface area contributed by atoms with Gasteiger partial charge in [-0.25, -0.2) is 0 Å². The lowest BCUT2D eigenvalue weighted by atomic mass is 9.87. The first-order valence-corrected chi connectivity index (χ1v) is 11.9. The second-order valence-corrected chi connectivity index (χ2v) is 11.1. The Kier molecular flexibility index (Phi) is 8.03. The maximum atomic E-state index is 2.82. The Bertz CT molecular complexity index is 477. The second-order valence-electron chi connectivity index (χ2n) is 11.1. The Morgan fingerprint density at radius 3 is 1.68 bits per heavy atom. The van der Waals surface area contributed by atoms with E-state index in [-0.39, 0.29) is 5.54 Å². The summed E-state index contributed by atoms with van der Waals surface area (Å²) in [6.07, 6.45) is 1.24. The summed E-state index contributed by atoms with van der Waals surface area (Å²) in [5.41, 5.74) is 0.222. The van der Waals surface area contributed by atoms with Gasteiger partial charge in [0.2, 0.25) is 0 Å². The van der Waals surface area contributed by atoms with Crippen molar-refractivity contribution in [1.82, 2.24) is 19.6 Å². The Labute approximate surface area is 176 Å². The molecule has 0 aliphatic carbocycles. The van der Waals surface area contributed by atoms with E-state index in [1.54, 1.807) is 0 Å². The zero-order chi connectivity index (χ0) is 21.4. The van der Waals surface area contributed by atoms with E-state index >= 15 is 0 Å². The predicted molar refractivity (Wildman–Crippen MR) is 123 cm³/mol. The molecule has 2 heterocycles. The van der Waals surface area contributed by atoms with Crippen LogP contribution < -0.4 is 0 Å². The summed E-state index contributed by atoms with van der Waals surface area (Å²) in [5, 5.41) is 0. The van der Waals surface area contributed by atoms with E-state index in [0.29, 0.717) is 42.3 Å². The summed E-state index contributed by atoms with van der Waals surface area (Å²) in [6.45, 7) is 31.3. The van der Waals surface area contributed by atoms with Crippen LogP contribution in [0.4, 0.5) is 0 Å². The molecule has 4 nitrogen and oxygen atoms in total. The van der Waals surface area contributed by atoms with Crippen molar-refractivity contribution in [2.75, 3.05) is 26.2 Å². The molecule has 0 aromatic carbocycles. The fraction of sp³-hybridized carbons (Fsp3) is 1.00. The fourth-order valence-electron chi connectivity index (χ4n) is 6.47. The number of hydrogen-bond donors (Lipinski definition) is 0. The molecular weight excluding hydrogens is 344 g/mol. The van der Waals surface area contributed by atoms with Crippen LogP contribution in [0.25, 0.3) is 0 Å². The van der Waals surface area contributed by atoms with Gasteiger partial charge in [0.25, 0.3) is 0 Å². The molecular formula is C24H50N4. The smallest absolute Gasteiger partial charge is 0.0224 e. The maximum Gasteiger partial charge on any atom is 0.0224 e. The van der Waals surface area contributed by atoms with Crippen LogP contribution in [0, 0.1) is 0 Å². The average Bonchev–Trinajstić information content (AvgIpc) is 2.55. The molecule has 1 unspecified atom stereocenters. The highest BCUT2D eigenvalue weighted by Gasteiger charge is 2.42. The maximum absolute atomic E-state index is 2.82. The van der Waals surface area contributed by atoms with E-state index in [9.17, 15) is 0 Å². The van der Waals surface area contributed by atoms with Gasteiger partial charge in [0, 0.05) is 74.0 Å². The molecule has 0 radical (unpaired) electrons. The van der Waals surface area contributed by atoms with Gasteiger partial charge < -0.3 is 0 Å². The zero-order valence-electron chi connectivity index (χ0n) is 20.9. The first-order valence-electron chi connectivity index (χ1n) is 11.9. The molecule has 2 rings (SSSR count). The minimum Gasteiger partial charge on any atom is -0.298 e.